The molecular weight excluding hydrogens is 456 g/mol. The van der Waals surface area contributed by atoms with Crippen molar-refractivity contribution < 1.29 is 27.4 Å². The van der Waals surface area contributed by atoms with E-state index in [1.165, 1.54) is 12.1 Å². The molecule has 2 aromatic rings. The minimum Gasteiger partial charge on any atom is -0.486 e. The molecule has 2 N–H and O–H groups in total. The van der Waals surface area contributed by atoms with Crippen molar-refractivity contribution in [2.75, 3.05) is 32.9 Å². The van der Waals surface area contributed by atoms with Crippen molar-refractivity contribution >= 4 is 27.5 Å². The van der Waals surface area contributed by atoms with Gasteiger partial charge in [0.15, 0.2) is 11.5 Å². The Morgan fingerprint density at radius 2 is 1.97 bits per heavy atom. The van der Waals surface area contributed by atoms with Crippen molar-refractivity contribution in [2.45, 2.75) is 30.3 Å². The van der Waals surface area contributed by atoms with Crippen molar-refractivity contribution in [3.63, 3.8) is 0 Å². The topological polar surface area (TPSA) is 103 Å². The molecule has 2 aliphatic heterocycles. The zero-order valence-electron chi connectivity index (χ0n) is 17.4. The van der Waals surface area contributed by atoms with Gasteiger partial charge in [0.05, 0.1) is 16.0 Å². The fourth-order valence-electron chi connectivity index (χ4n) is 3.63. The summed E-state index contributed by atoms with van der Waals surface area (Å²) in [5.41, 5.74) is 1.17. The molecule has 32 heavy (non-hydrogen) atoms. The Balaban J connectivity index is 1.34. The monoisotopic (exact) mass is 480 g/mol. The average molecular weight is 481 g/mol. The molecule has 1 saturated heterocycles. The number of fused-ring (bicyclic) bond motifs is 1. The summed E-state index contributed by atoms with van der Waals surface area (Å²) < 4.78 is 44.2. The molecule has 0 saturated carbocycles. The van der Waals surface area contributed by atoms with Gasteiger partial charge < -0.3 is 19.5 Å². The van der Waals surface area contributed by atoms with E-state index in [0.29, 0.717) is 49.3 Å². The van der Waals surface area contributed by atoms with Crippen LogP contribution in [0.2, 0.25) is 5.02 Å². The Morgan fingerprint density at radius 1 is 1.12 bits per heavy atom. The second-order valence-corrected chi connectivity index (χ2v) is 9.80. The quantitative estimate of drug-likeness (QED) is 0.602. The lowest BCUT2D eigenvalue weighted by Crippen LogP contribution is -2.32. The molecular formula is C22H25ClN2O6S. The van der Waals surface area contributed by atoms with Crippen LogP contribution in [0.5, 0.6) is 11.5 Å². The largest absolute Gasteiger partial charge is 0.486 e. The van der Waals surface area contributed by atoms with Gasteiger partial charge in [-0.25, -0.2) is 13.1 Å². The number of nitrogens with one attached hydrogen (secondary N) is 2. The Kier molecular flexibility index (Phi) is 7.20. The highest BCUT2D eigenvalue weighted by atomic mass is 35.5. The predicted octanol–water partition coefficient (Wildman–Crippen LogP) is 2.54. The SMILES string of the molecule is O=C(NCCc1cc(Cl)c2c(c1)OCCO2)c1cccc(S(=O)(=O)NCC2CCCO2)c1. The van der Waals surface area contributed by atoms with Crippen LogP contribution < -0.4 is 19.5 Å². The van der Waals surface area contributed by atoms with E-state index in [0.717, 1.165) is 18.4 Å². The van der Waals surface area contributed by atoms with Crippen LogP contribution in [-0.2, 0) is 21.2 Å². The molecule has 2 aromatic carbocycles. The average Bonchev–Trinajstić information content (AvgIpc) is 3.32. The highest BCUT2D eigenvalue weighted by Crippen LogP contribution is 2.38. The van der Waals surface area contributed by atoms with E-state index >= 15 is 0 Å². The smallest absolute Gasteiger partial charge is 0.251 e. The highest BCUT2D eigenvalue weighted by Gasteiger charge is 2.21. The number of ether oxygens (including phenoxy) is 3. The second-order valence-electron chi connectivity index (χ2n) is 7.62. The summed E-state index contributed by atoms with van der Waals surface area (Å²) in [7, 11) is -3.73. The predicted molar refractivity (Wildman–Crippen MR) is 119 cm³/mol. The van der Waals surface area contributed by atoms with E-state index in [1.807, 2.05) is 6.07 Å². The first kappa shape index (κ1) is 22.8. The van der Waals surface area contributed by atoms with Gasteiger partial charge in [-0.1, -0.05) is 17.7 Å². The molecule has 0 radical (unpaired) electrons. The van der Waals surface area contributed by atoms with Crippen molar-refractivity contribution in [1.82, 2.24) is 10.0 Å². The lowest BCUT2D eigenvalue weighted by atomic mass is 10.1. The Hall–Kier alpha value is -2.33. The second kappa shape index (κ2) is 10.1. The van der Waals surface area contributed by atoms with Crippen molar-refractivity contribution in [3.8, 4) is 11.5 Å². The van der Waals surface area contributed by atoms with Crippen LogP contribution >= 0.6 is 11.6 Å². The van der Waals surface area contributed by atoms with Gasteiger partial charge in [0.1, 0.15) is 13.2 Å². The van der Waals surface area contributed by atoms with E-state index in [9.17, 15) is 13.2 Å². The number of hydrogen-bond donors (Lipinski definition) is 2. The molecule has 0 aliphatic carbocycles. The van der Waals surface area contributed by atoms with Gasteiger partial charge in [0.25, 0.3) is 5.91 Å². The van der Waals surface area contributed by atoms with Gasteiger partial charge in [0, 0.05) is 25.3 Å². The molecule has 1 unspecified atom stereocenters. The summed E-state index contributed by atoms with van der Waals surface area (Å²) in [6.07, 6.45) is 2.19. The van der Waals surface area contributed by atoms with Crippen LogP contribution in [0.3, 0.4) is 0 Å². The molecule has 1 atom stereocenters. The first-order valence-corrected chi connectivity index (χ1v) is 12.4. The van der Waals surface area contributed by atoms with E-state index < -0.39 is 10.0 Å². The van der Waals surface area contributed by atoms with Crippen molar-refractivity contribution in [3.05, 3.63) is 52.5 Å². The zero-order valence-corrected chi connectivity index (χ0v) is 19.0. The molecule has 10 heteroatoms. The summed E-state index contributed by atoms with van der Waals surface area (Å²) >= 11 is 6.25. The number of benzene rings is 2. The maximum absolute atomic E-state index is 12.6. The molecule has 2 aliphatic rings. The van der Waals surface area contributed by atoms with Crippen LogP contribution in [0, 0.1) is 0 Å². The number of carbonyl (C=O) groups is 1. The van der Waals surface area contributed by atoms with E-state index in [2.05, 4.69) is 10.0 Å². The molecule has 1 amide bonds. The van der Waals surface area contributed by atoms with E-state index in [1.54, 1.807) is 18.2 Å². The normalized spacial score (nSPS) is 17.8. The van der Waals surface area contributed by atoms with E-state index in [-0.39, 0.29) is 29.0 Å². The third kappa shape index (κ3) is 5.53. The molecule has 1 fully saturated rings. The number of amides is 1. The minimum absolute atomic E-state index is 0.0433. The van der Waals surface area contributed by atoms with Gasteiger partial charge in [-0.15, -0.1) is 0 Å². The van der Waals surface area contributed by atoms with Crippen LogP contribution in [0.25, 0.3) is 0 Å². The first-order chi connectivity index (χ1) is 15.4. The number of rotatable bonds is 8. The van der Waals surface area contributed by atoms with Crippen LogP contribution in [-0.4, -0.2) is 53.3 Å². The fraction of sp³-hybridized carbons (Fsp3) is 0.409. The number of sulfonamides is 1. The molecule has 4 rings (SSSR count). The molecule has 2 heterocycles. The Morgan fingerprint density at radius 3 is 2.78 bits per heavy atom. The van der Waals surface area contributed by atoms with Gasteiger partial charge in [-0.05, 0) is 55.2 Å². The van der Waals surface area contributed by atoms with E-state index in [4.69, 9.17) is 25.8 Å². The van der Waals surface area contributed by atoms with Crippen LogP contribution in [0.15, 0.2) is 41.3 Å². The van der Waals surface area contributed by atoms with Gasteiger partial charge in [-0.2, -0.15) is 0 Å². The minimum atomic E-state index is -3.73. The number of carbonyl (C=O) groups excluding carboxylic acids is 1. The Bertz CT molecular complexity index is 1090. The molecule has 0 bridgehead atoms. The zero-order chi connectivity index (χ0) is 22.6. The van der Waals surface area contributed by atoms with Gasteiger partial charge in [0.2, 0.25) is 10.0 Å². The first-order valence-electron chi connectivity index (χ1n) is 10.5. The maximum atomic E-state index is 12.6. The standard InChI is InChI=1S/C22H25ClN2O6S/c23-19-11-15(12-20-21(19)31-10-9-30-20)6-7-24-22(26)16-3-1-5-18(13-16)32(27,28)25-14-17-4-2-8-29-17/h1,3,5,11-13,17,25H,2,4,6-10,14H2,(H,24,26). The summed E-state index contributed by atoms with van der Waals surface area (Å²) in [6, 6.07) is 9.60. The lowest BCUT2D eigenvalue weighted by molar-refractivity contribution is 0.0954. The maximum Gasteiger partial charge on any atom is 0.251 e. The summed E-state index contributed by atoms with van der Waals surface area (Å²) in [5, 5.41) is 3.28. The van der Waals surface area contributed by atoms with Gasteiger partial charge in [-0.3, -0.25) is 4.79 Å². The number of halogens is 1. The van der Waals surface area contributed by atoms with Crippen LogP contribution in [0.4, 0.5) is 0 Å². The molecule has 8 nitrogen and oxygen atoms in total. The molecule has 0 spiro atoms. The lowest BCUT2D eigenvalue weighted by Gasteiger charge is -2.20. The summed E-state index contributed by atoms with van der Waals surface area (Å²) in [5.74, 6) is 0.778. The number of hydrogen-bond acceptors (Lipinski definition) is 6. The van der Waals surface area contributed by atoms with Crippen molar-refractivity contribution in [2.24, 2.45) is 0 Å². The summed E-state index contributed by atoms with van der Waals surface area (Å²) in [4.78, 5) is 12.6. The highest BCUT2D eigenvalue weighted by molar-refractivity contribution is 7.89. The Labute approximate surface area is 192 Å². The molecule has 172 valence electrons. The third-order valence-electron chi connectivity index (χ3n) is 5.29. The third-order valence-corrected chi connectivity index (χ3v) is 6.99. The fourth-order valence-corrected chi connectivity index (χ4v) is 5.03. The van der Waals surface area contributed by atoms with Crippen LogP contribution in [0.1, 0.15) is 28.8 Å². The summed E-state index contributed by atoms with van der Waals surface area (Å²) in [6.45, 7) is 2.15. The van der Waals surface area contributed by atoms with Gasteiger partial charge >= 0.3 is 0 Å². The molecule has 0 aromatic heterocycles. The van der Waals surface area contributed by atoms with Crippen molar-refractivity contribution in [1.29, 1.82) is 0 Å².